The molecule has 1 aromatic heterocycles. The van der Waals surface area contributed by atoms with Crippen molar-refractivity contribution in [1.82, 2.24) is 4.98 Å². The van der Waals surface area contributed by atoms with E-state index >= 15 is 0 Å². The Morgan fingerprint density at radius 1 is 1.26 bits per heavy atom. The maximum absolute atomic E-state index is 6.31. The summed E-state index contributed by atoms with van der Waals surface area (Å²) in [5.74, 6) is 0. The lowest BCUT2D eigenvalue weighted by Crippen LogP contribution is -2.14. The van der Waals surface area contributed by atoms with Crippen LogP contribution in [0, 0.1) is 0 Å². The molecular weight excluding hydrogens is 307 g/mol. The number of pyridine rings is 1. The van der Waals surface area contributed by atoms with Crippen LogP contribution in [0.1, 0.15) is 11.3 Å². The maximum Gasteiger partial charge on any atom is 0.0928 e. The molecule has 1 aromatic carbocycles. The van der Waals surface area contributed by atoms with Gasteiger partial charge < -0.3 is 10.1 Å². The van der Waals surface area contributed by atoms with Crippen molar-refractivity contribution in [2.24, 2.45) is 0 Å². The average Bonchev–Trinajstić information content (AvgIpc) is 2.42. The first kappa shape index (κ1) is 13.3. The van der Waals surface area contributed by atoms with Crippen molar-refractivity contribution in [3.05, 3.63) is 32.4 Å². The molecule has 100 valence electrons. The van der Waals surface area contributed by atoms with Crippen LogP contribution in [0.15, 0.2) is 6.07 Å². The fraction of sp³-hybridized carbons (Fsp3) is 0.308. The van der Waals surface area contributed by atoms with Crippen LogP contribution in [-0.2, 0) is 17.8 Å². The van der Waals surface area contributed by atoms with E-state index in [1.165, 1.54) is 0 Å². The van der Waals surface area contributed by atoms with Gasteiger partial charge in [-0.1, -0.05) is 34.8 Å². The van der Waals surface area contributed by atoms with E-state index in [1.807, 2.05) is 7.05 Å². The molecule has 2 heterocycles. The predicted molar refractivity (Wildman–Crippen MR) is 79.7 cm³/mol. The van der Waals surface area contributed by atoms with Crippen LogP contribution in [-0.4, -0.2) is 18.6 Å². The van der Waals surface area contributed by atoms with E-state index in [-0.39, 0.29) is 0 Å². The third-order valence-electron chi connectivity index (χ3n) is 3.27. The number of fused-ring (bicyclic) bond motifs is 2. The van der Waals surface area contributed by atoms with Gasteiger partial charge in [0.2, 0.25) is 0 Å². The summed E-state index contributed by atoms with van der Waals surface area (Å²) < 4.78 is 5.50. The second kappa shape index (κ2) is 4.98. The van der Waals surface area contributed by atoms with Gasteiger partial charge in [0.1, 0.15) is 0 Å². The molecule has 3 nitrogen and oxygen atoms in total. The Labute approximate surface area is 125 Å². The minimum atomic E-state index is 0.425. The summed E-state index contributed by atoms with van der Waals surface area (Å²) in [6.07, 6.45) is 0.774. The first-order chi connectivity index (χ1) is 9.13. The Hall–Kier alpha value is -0.740. The molecule has 1 N–H and O–H groups in total. The van der Waals surface area contributed by atoms with E-state index < -0.39 is 0 Å². The van der Waals surface area contributed by atoms with Crippen molar-refractivity contribution >= 4 is 51.4 Å². The minimum absolute atomic E-state index is 0.425. The zero-order valence-corrected chi connectivity index (χ0v) is 12.5. The molecular formula is C13H11Cl3N2O. The van der Waals surface area contributed by atoms with Crippen LogP contribution in [0.3, 0.4) is 0 Å². The molecule has 0 amide bonds. The van der Waals surface area contributed by atoms with Gasteiger partial charge in [-0.25, -0.2) is 0 Å². The molecule has 0 unspecified atom stereocenters. The summed E-state index contributed by atoms with van der Waals surface area (Å²) in [7, 11) is 1.84. The van der Waals surface area contributed by atoms with Crippen molar-refractivity contribution in [3.63, 3.8) is 0 Å². The molecule has 1 aliphatic heterocycles. The van der Waals surface area contributed by atoms with E-state index in [0.717, 1.165) is 28.8 Å². The van der Waals surface area contributed by atoms with E-state index in [9.17, 15) is 0 Å². The highest BCUT2D eigenvalue weighted by molar-refractivity contribution is 6.48. The Balaban J connectivity index is 2.47. The smallest absolute Gasteiger partial charge is 0.0928 e. The summed E-state index contributed by atoms with van der Waals surface area (Å²) in [5, 5.41) is 5.33. The molecule has 0 saturated heterocycles. The number of anilines is 1. The molecule has 0 fully saturated rings. The number of halogens is 3. The SMILES string of the molecule is CNc1c2c(nc3c(Cl)cc(Cl)c(Cl)c13)CCOC2. The van der Waals surface area contributed by atoms with Crippen LogP contribution in [0.5, 0.6) is 0 Å². The van der Waals surface area contributed by atoms with E-state index in [0.29, 0.717) is 33.8 Å². The molecule has 0 saturated carbocycles. The van der Waals surface area contributed by atoms with Crippen LogP contribution < -0.4 is 5.32 Å². The lowest BCUT2D eigenvalue weighted by Gasteiger charge is -2.22. The number of aromatic nitrogens is 1. The molecule has 3 rings (SSSR count). The van der Waals surface area contributed by atoms with Crippen molar-refractivity contribution < 1.29 is 4.74 Å². The number of nitrogens with one attached hydrogen (secondary N) is 1. The zero-order chi connectivity index (χ0) is 13.6. The number of benzene rings is 1. The first-order valence-corrected chi connectivity index (χ1v) is 7.01. The fourth-order valence-corrected chi connectivity index (χ4v) is 3.15. The highest BCUT2D eigenvalue weighted by Crippen LogP contribution is 2.41. The summed E-state index contributed by atoms with van der Waals surface area (Å²) in [4.78, 5) is 4.63. The van der Waals surface area contributed by atoms with Gasteiger partial charge in [-0.2, -0.15) is 0 Å². The van der Waals surface area contributed by atoms with Crippen molar-refractivity contribution in [2.75, 3.05) is 19.0 Å². The zero-order valence-electron chi connectivity index (χ0n) is 10.2. The number of hydrogen-bond donors (Lipinski definition) is 1. The van der Waals surface area contributed by atoms with Crippen LogP contribution in [0.25, 0.3) is 10.9 Å². The molecule has 2 aromatic rings. The van der Waals surface area contributed by atoms with E-state index in [4.69, 9.17) is 39.5 Å². The Morgan fingerprint density at radius 2 is 2.05 bits per heavy atom. The topological polar surface area (TPSA) is 34.2 Å². The Bertz CT molecular complexity index is 673. The number of nitrogens with zero attached hydrogens (tertiary/aromatic N) is 1. The molecule has 0 atom stereocenters. The van der Waals surface area contributed by atoms with Crippen LogP contribution >= 0.6 is 34.8 Å². The van der Waals surface area contributed by atoms with Crippen molar-refractivity contribution in [2.45, 2.75) is 13.0 Å². The summed E-state index contributed by atoms with van der Waals surface area (Å²) >= 11 is 18.7. The predicted octanol–water partition coefficient (Wildman–Crippen LogP) is 4.31. The normalized spacial score (nSPS) is 14.5. The van der Waals surface area contributed by atoms with Crippen LogP contribution in [0.2, 0.25) is 15.1 Å². The van der Waals surface area contributed by atoms with Gasteiger partial charge in [-0.05, 0) is 6.07 Å². The average molecular weight is 318 g/mol. The molecule has 6 heteroatoms. The standard InChI is InChI=1S/C13H11Cl3N2O/c1-17-12-6-5-19-3-2-9(6)18-13-8(15)4-7(14)11(16)10(12)13/h4H,2-3,5H2,1H3,(H,17,18). The molecule has 0 spiro atoms. The number of rotatable bonds is 1. The van der Waals surface area contributed by atoms with Crippen LogP contribution in [0.4, 0.5) is 5.69 Å². The van der Waals surface area contributed by atoms with Gasteiger partial charge in [0.25, 0.3) is 0 Å². The highest BCUT2D eigenvalue weighted by atomic mass is 35.5. The lowest BCUT2D eigenvalue weighted by molar-refractivity contribution is 0.110. The summed E-state index contributed by atoms with van der Waals surface area (Å²) in [5.41, 5.74) is 3.61. The van der Waals surface area contributed by atoms with Crippen molar-refractivity contribution in [3.8, 4) is 0 Å². The number of hydrogen-bond acceptors (Lipinski definition) is 3. The molecule has 0 radical (unpaired) electrons. The largest absolute Gasteiger partial charge is 0.387 e. The maximum atomic E-state index is 6.31. The van der Waals surface area contributed by atoms with Gasteiger partial charge in [0.15, 0.2) is 0 Å². The second-order valence-electron chi connectivity index (χ2n) is 4.34. The van der Waals surface area contributed by atoms with Gasteiger partial charge in [-0.3, -0.25) is 4.98 Å². The molecule has 19 heavy (non-hydrogen) atoms. The van der Waals surface area contributed by atoms with E-state index in [1.54, 1.807) is 6.07 Å². The second-order valence-corrected chi connectivity index (χ2v) is 5.53. The summed E-state index contributed by atoms with van der Waals surface area (Å²) in [6, 6.07) is 1.63. The van der Waals surface area contributed by atoms with Gasteiger partial charge in [-0.15, -0.1) is 0 Å². The Kier molecular flexibility index (Phi) is 3.48. The van der Waals surface area contributed by atoms with E-state index in [2.05, 4.69) is 10.3 Å². The third kappa shape index (κ3) is 2.05. The quantitative estimate of drug-likeness (QED) is 0.796. The van der Waals surface area contributed by atoms with Gasteiger partial charge in [0.05, 0.1) is 45.2 Å². The Morgan fingerprint density at radius 3 is 2.79 bits per heavy atom. The summed E-state index contributed by atoms with van der Waals surface area (Å²) in [6.45, 7) is 1.20. The minimum Gasteiger partial charge on any atom is -0.387 e. The monoisotopic (exact) mass is 316 g/mol. The molecule has 0 aliphatic carbocycles. The molecule has 1 aliphatic rings. The van der Waals surface area contributed by atoms with Gasteiger partial charge in [0, 0.05) is 24.4 Å². The fourth-order valence-electron chi connectivity index (χ4n) is 2.40. The molecule has 0 bridgehead atoms. The highest BCUT2D eigenvalue weighted by Gasteiger charge is 2.22. The first-order valence-electron chi connectivity index (χ1n) is 5.88. The van der Waals surface area contributed by atoms with Gasteiger partial charge >= 0.3 is 0 Å². The third-order valence-corrected chi connectivity index (χ3v) is 4.35. The lowest BCUT2D eigenvalue weighted by atomic mass is 10.0. The van der Waals surface area contributed by atoms with Crippen molar-refractivity contribution in [1.29, 1.82) is 0 Å². The number of ether oxygens (including phenoxy) is 1.